The Hall–Kier alpha value is -0.780. The smallest absolute Gasteiger partial charge is 0.352 e. The van der Waals surface area contributed by atoms with Gasteiger partial charge in [-0.3, -0.25) is 4.79 Å². The molecule has 2 N–H and O–H groups in total. The first-order valence-corrected chi connectivity index (χ1v) is 6.90. The second-order valence-electron chi connectivity index (χ2n) is 4.77. The SMILES string of the molecule is CCC(CC)NC(=O)C(C)NCCCCC(F)(F)F. The van der Waals surface area contributed by atoms with Gasteiger partial charge >= 0.3 is 6.18 Å². The molecule has 0 aromatic carbocycles. The van der Waals surface area contributed by atoms with Gasteiger partial charge in [0.2, 0.25) is 5.91 Å². The summed E-state index contributed by atoms with van der Waals surface area (Å²) in [6.45, 7) is 6.16. The van der Waals surface area contributed by atoms with Crippen LogP contribution in [0.1, 0.15) is 52.9 Å². The van der Waals surface area contributed by atoms with Crippen molar-refractivity contribution in [2.24, 2.45) is 0 Å². The molecule has 114 valence electrons. The fourth-order valence-electron chi connectivity index (χ4n) is 1.68. The zero-order valence-electron chi connectivity index (χ0n) is 11.9. The van der Waals surface area contributed by atoms with Crippen LogP contribution in [0.5, 0.6) is 0 Å². The first kappa shape index (κ1) is 18.2. The van der Waals surface area contributed by atoms with E-state index in [2.05, 4.69) is 10.6 Å². The van der Waals surface area contributed by atoms with E-state index >= 15 is 0 Å². The average Bonchev–Trinajstić information content (AvgIpc) is 2.33. The summed E-state index contributed by atoms with van der Waals surface area (Å²) in [6, 6.07) is -0.200. The van der Waals surface area contributed by atoms with Crippen molar-refractivity contribution in [2.75, 3.05) is 6.54 Å². The van der Waals surface area contributed by atoms with Gasteiger partial charge in [-0.15, -0.1) is 0 Å². The summed E-state index contributed by atoms with van der Waals surface area (Å²) in [5.41, 5.74) is 0. The lowest BCUT2D eigenvalue weighted by atomic mass is 10.1. The molecule has 0 saturated heterocycles. The summed E-state index contributed by atoms with van der Waals surface area (Å²) < 4.78 is 35.7. The molecule has 1 unspecified atom stereocenters. The molecule has 0 aromatic heterocycles. The third-order valence-corrected chi connectivity index (χ3v) is 3.06. The summed E-state index contributed by atoms with van der Waals surface area (Å²) in [7, 11) is 0. The first-order chi connectivity index (χ1) is 8.80. The van der Waals surface area contributed by atoms with E-state index in [1.54, 1.807) is 6.92 Å². The Kier molecular flexibility index (Phi) is 8.80. The Bertz CT molecular complexity index is 253. The zero-order valence-corrected chi connectivity index (χ0v) is 11.9. The van der Waals surface area contributed by atoms with Gasteiger partial charge < -0.3 is 10.6 Å². The second-order valence-corrected chi connectivity index (χ2v) is 4.77. The van der Waals surface area contributed by atoms with E-state index in [9.17, 15) is 18.0 Å². The highest BCUT2D eigenvalue weighted by molar-refractivity contribution is 5.81. The van der Waals surface area contributed by atoms with Gasteiger partial charge in [0.05, 0.1) is 6.04 Å². The van der Waals surface area contributed by atoms with Crippen LogP contribution in [-0.2, 0) is 4.79 Å². The van der Waals surface area contributed by atoms with Crippen molar-refractivity contribution in [3.63, 3.8) is 0 Å². The van der Waals surface area contributed by atoms with Crippen LogP contribution in [0.15, 0.2) is 0 Å². The third kappa shape index (κ3) is 9.76. The molecule has 0 aromatic rings. The predicted octanol–water partition coefficient (Wildman–Crippen LogP) is 3.00. The molecule has 0 spiro atoms. The van der Waals surface area contributed by atoms with E-state index in [4.69, 9.17) is 0 Å². The van der Waals surface area contributed by atoms with Gasteiger partial charge in [-0.2, -0.15) is 13.2 Å². The maximum Gasteiger partial charge on any atom is 0.389 e. The van der Waals surface area contributed by atoms with Crippen molar-refractivity contribution in [2.45, 2.75) is 71.1 Å². The molecular formula is C13H25F3N2O. The third-order valence-electron chi connectivity index (χ3n) is 3.06. The molecule has 0 saturated carbocycles. The molecule has 1 amide bonds. The van der Waals surface area contributed by atoms with E-state index in [1.807, 2.05) is 13.8 Å². The Morgan fingerprint density at radius 3 is 2.21 bits per heavy atom. The van der Waals surface area contributed by atoms with Gasteiger partial charge in [0.15, 0.2) is 0 Å². The zero-order chi connectivity index (χ0) is 14.9. The average molecular weight is 282 g/mol. The number of amides is 1. The van der Waals surface area contributed by atoms with Gasteiger partial charge in [-0.1, -0.05) is 13.8 Å². The summed E-state index contributed by atoms with van der Waals surface area (Å²) >= 11 is 0. The van der Waals surface area contributed by atoms with Gasteiger partial charge in [-0.25, -0.2) is 0 Å². The topological polar surface area (TPSA) is 41.1 Å². The van der Waals surface area contributed by atoms with Crippen LogP contribution < -0.4 is 10.6 Å². The molecule has 19 heavy (non-hydrogen) atoms. The Labute approximate surface area is 113 Å². The molecule has 3 nitrogen and oxygen atoms in total. The minimum Gasteiger partial charge on any atom is -0.352 e. The molecule has 1 atom stereocenters. The second kappa shape index (κ2) is 9.18. The number of halogens is 3. The fraction of sp³-hybridized carbons (Fsp3) is 0.923. The summed E-state index contributed by atoms with van der Waals surface area (Å²) in [5.74, 6) is -0.0930. The first-order valence-electron chi connectivity index (χ1n) is 6.90. The van der Waals surface area contributed by atoms with Gasteiger partial charge in [-0.05, 0) is 39.2 Å². The largest absolute Gasteiger partial charge is 0.389 e. The molecule has 0 heterocycles. The molecule has 0 bridgehead atoms. The monoisotopic (exact) mass is 282 g/mol. The lowest BCUT2D eigenvalue weighted by molar-refractivity contribution is -0.135. The van der Waals surface area contributed by atoms with Gasteiger partial charge in [0.25, 0.3) is 0 Å². The molecule has 0 rings (SSSR count). The molecule has 6 heteroatoms. The van der Waals surface area contributed by atoms with Crippen molar-refractivity contribution in [1.29, 1.82) is 0 Å². The molecule has 0 fully saturated rings. The lowest BCUT2D eigenvalue weighted by Crippen LogP contribution is -2.46. The van der Waals surface area contributed by atoms with Crippen molar-refractivity contribution in [3.05, 3.63) is 0 Å². The highest BCUT2D eigenvalue weighted by Crippen LogP contribution is 2.21. The van der Waals surface area contributed by atoms with Crippen LogP contribution in [0.3, 0.4) is 0 Å². The van der Waals surface area contributed by atoms with Gasteiger partial charge in [0, 0.05) is 12.5 Å². The highest BCUT2D eigenvalue weighted by Gasteiger charge is 2.25. The van der Waals surface area contributed by atoms with E-state index in [0.29, 0.717) is 13.0 Å². The number of nitrogens with one attached hydrogen (secondary N) is 2. The summed E-state index contributed by atoms with van der Waals surface area (Å²) in [6.07, 6.45) is -2.58. The predicted molar refractivity (Wildman–Crippen MR) is 69.9 cm³/mol. The Balaban J connectivity index is 3.73. The van der Waals surface area contributed by atoms with Crippen molar-refractivity contribution in [3.8, 4) is 0 Å². The van der Waals surface area contributed by atoms with E-state index in [-0.39, 0.29) is 24.4 Å². The van der Waals surface area contributed by atoms with E-state index < -0.39 is 12.6 Å². The van der Waals surface area contributed by atoms with E-state index in [1.165, 1.54) is 0 Å². The van der Waals surface area contributed by atoms with Crippen LogP contribution >= 0.6 is 0 Å². The number of unbranched alkanes of at least 4 members (excludes halogenated alkanes) is 1. The lowest BCUT2D eigenvalue weighted by Gasteiger charge is -2.19. The number of carbonyl (C=O) groups excluding carboxylic acids is 1. The van der Waals surface area contributed by atoms with Crippen molar-refractivity contribution < 1.29 is 18.0 Å². The van der Waals surface area contributed by atoms with Crippen LogP contribution in [0.25, 0.3) is 0 Å². The molecule has 0 aliphatic rings. The van der Waals surface area contributed by atoms with Crippen molar-refractivity contribution >= 4 is 5.91 Å². The van der Waals surface area contributed by atoms with E-state index in [0.717, 1.165) is 12.8 Å². The number of rotatable bonds is 9. The van der Waals surface area contributed by atoms with Crippen LogP contribution in [0.4, 0.5) is 13.2 Å². The standard InChI is InChI=1S/C13H25F3N2O/c1-4-11(5-2)18-12(19)10(3)17-9-7-6-8-13(14,15)16/h10-11,17H,4-9H2,1-3H3,(H,18,19). The van der Waals surface area contributed by atoms with Crippen molar-refractivity contribution in [1.82, 2.24) is 10.6 Å². The quantitative estimate of drug-likeness (QED) is 0.638. The fourth-order valence-corrected chi connectivity index (χ4v) is 1.68. The number of hydrogen-bond acceptors (Lipinski definition) is 2. The van der Waals surface area contributed by atoms with Crippen LogP contribution in [0, 0.1) is 0 Å². The molecule has 0 radical (unpaired) electrons. The maximum atomic E-state index is 11.9. The van der Waals surface area contributed by atoms with Crippen LogP contribution in [0.2, 0.25) is 0 Å². The molecule has 0 aliphatic heterocycles. The Morgan fingerprint density at radius 2 is 1.74 bits per heavy atom. The normalized spacial score (nSPS) is 13.6. The highest BCUT2D eigenvalue weighted by atomic mass is 19.4. The minimum atomic E-state index is -4.08. The number of hydrogen-bond donors (Lipinski definition) is 2. The number of carbonyl (C=O) groups is 1. The molecule has 0 aliphatic carbocycles. The minimum absolute atomic E-state index is 0.0930. The summed E-state index contributed by atoms with van der Waals surface area (Å²) in [4.78, 5) is 11.7. The van der Waals surface area contributed by atoms with Crippen LogP contribution in [-0.4, -0.2) is 30.7 Å². The summed E-state index contributed by atoms with van der Waals surface area (Å²) in [5, 5.41) is 5.84. The maximum absolute atomic E-state index is 11.9. The number of alkyl halides is 3. The Morgan fingerprint density at radius 1 is 1.16 bits per heavy atom. The molecular weight excluding hydrogens is 257 g/mol. The van der Waals surface area contributed by atoms with Gasteiger partial charge in [0.1, 0.15) is 0 Å².